The molecule has 1 heterocycles. The van der Waals surface area contributed by atoms with Crippen LogP contribution in [0, 0.1) is 11.8 Å². The largest absolute Gasteiger partial charge is 0.337 e. The lowest BCUT2D eigenvalue weighted by molar-refractivity contribution is -0.139. The summed E-state index contributed by atoms with van der Waals surface area (Å²) in [7, 11) is 0. The van der Waals surface area contributed by atoms with Gasteiger partial charge in [-0.1, -0.05) is 15.9 Å². The second kappa shape index (κ2) is 4.38. The zero-order valence-electron chi connectivity index (χ0n) is 11.5. The van der Waals surface area contributed by atoms with Crippen molar-refractivity contribution in [3.63, 3.8) is 0 Å². The minimum atomic E-state index is -0.497. The Bertz CT molecular complexity index is 338. The van der Waals surface area contributed by atoms with Crippen molar-refractivity contribution in [3.8, 4) is 0 Å². The highest BCUT2D eigenvalue weighted by Crippen LogP contribution is 2.41. The Labute approximate surface area is 112 Å². The van der Waals surface area contributed by atoms with Gasteiger partial charge in [0.15, 0.2) is 0 Å². The minimum Gasteiger partial charge on any atom is -0.337 e. The van der Waals surface area contributed by atoms with Gasteiger partial charge in [-0.25, -0.2) is 0 Å². The lowest BCUT2D eigenvalue weighted by atomic mass is 9.83. The number of halogens is 1. The van der Waals surface area contributed by atoms with E-state index in [1.165, 1.54) is 6.92 Å². The minimum absolute atomic E-state index is 0.0254. The fourth-order valence-electron chi connectivity index (χ4n) is 2.41. The lowest BCUT2D eigenvalue weighted by Crippen LogP contribution is -2.43. The molecule has 0 aromatic carbocycles. The van der Waals surface area contributed by atoms with Crippen LogP contribution in [0.4, 0.5) is 0 Å². The van der Waals surface area contributed by atoms with Crippen LogP contribution in [0.25, 0.3) is 0 Å². The number of ketones is 1. The Kier molecular flexibility index (Phi) is 3.78. The highest BCUT2D eigenvalue weighted by molar-refractivity contribution is 9.10. The lowest BCUT2D eigenvalue weighted by Gasteiger charge is -2.33. The van der Waals surface area contributed by atoms with Crippen LogP contribution in [0.5, 0.6) is 0 Å². The standard InChI is InChI=1S/C13H22BrNO2/c1-8(16)10-9(13(5,6)14)7-15(11(10)17)12(2,3)4/h9-10H,7H2,1-6H3/t9-,10+/m1/s1. The van der Waals surface area contributed by atoms with E-state index in [1.54, 1.807) is 0 Å². The van der Waals surface area contributed by atoms with Crippen molar-refractivity contribution < 1.29 is 9.59 Å². The van der Waals surface area contributed by atoms with Gasteiger partial charge < -0.3 is 4.90 Å². The normalized spacial score (nSPS) is 26.5. The van der Waals surface area contributed by atoms with Crippen LogP contribution in [0.2, 0.25) is 0 Å². The van der Waals surface area contributed by atoms with Crippen molar-refractivity contribution in [2.75, 3.05) is 6.54 Å². The van der Waals surface area contributed by atoms with E-state index in [0.29, 0.717) is 6.54 Å². The predicted octanol–water partition coefficient (Wildman–Crippen LogP) is 2.62. The summed E-state index contributed by atoms with van der Waals surface area (Å²) in [6, 6.07) is 0. The quantitative estimate of drug-likeness (QED) is 0.581. The van der Waals surface area contributed by atoms with E-state index in [0.717, 1.165) is 0 Å². The molecular formula is C13H22BrNO2. The van der Waals surface area contributed by atoms with Crippen molar-refractivity contribution in [3.05, 3.63) is 0 Å². The van der Waals surface area contributed by atoms with Crippen molar-refractivity contribution in [1.82, 2.24) is 4.90 Å². The molecule has 98 valence electrons. The molecule has 1 fully saturated rings. The maximum Gasteiger partial charge on any atom is 0.233 e. The third-order valence-corrected chi connectivity index (χ3v) is 4.03. The molecule has 1 aliphatic rings. The van der Waals surface area contributed by atoms with Gasteiger partial charge in [0, 0.05) is 22.3 Å². The van der Waals surface area contributed by atoms with Gasteiger partial charge in [0.2, 0.25) is 5.91 Å². The molecule has 1 aliphatic heterocycles. The summed E-state index contributed by atoms with van der Waals surface area (Å²) in [5.74, 6) is -0.517. The second-order valence-corrected chi connectivity index (χ2v) is 8.42. The number of rotatable bonds is 2. The zero-order chi connectivity index (χ0) is 13.6. The van der Waals surface area contributed by atoms with Crippen LogP contribution >= 0.6 is 15.9 Å². The molecule has 2 atom stereocenters. The summed E-state index contributed by atoms with van der Waals surface area (Å²) in [6.45, 7) is 12.2. The first-order valence-corrected chi connectivity index (χ1v) is 6.76. The van der Waals surface area contributed by atoms with Gasteiger partial charge >= 0.3 is 0 Å². The van der Waals surface area contributed by atoms with Gasteiger partial charge in [0.1, 0.15) is 11.7 Å². The molecular weight excluding hydrogens is 282 g/mol. The molecule has 0 unspecified atom stereocenters. The van der Waals surface area contributed by atoms with Crippen LogP contribution in [0.3, 0.4) is 0 Å². The number of likely N-dealkylation sites (tertiary alicyclic amines) is 1. The Morgan fingerprint density at radius 2 is 1.76 bits per heavy atom. The number of hydrogen-bond acceptors (Lipinski definition) is 2. The zero-order valence-corrected chi connectivity index (χ0v) is 13.1. The van der Waals surface area contributed by atoms with Crippen molar-refractivity contribution in [1.29, 1.82) is 0 Å². The molecule has 1 saturated heterocycles. The molecule has 0 N–H and O–H groups in total. The first kappa shape index (κ1) is 14.7. The number of alkyl halides is 1. The van der Waals surface area contributed by atoms with E-state index in [9.17, 15) is 9.59 Å². The van der Waals surface area contributed by atoms with E-state index in [2.05, 4.69) is 15.9 Å². The van der Waals surface area contributed by atoms with Crippen LogP contribution in [-0.4, -0.2) is 33.0 Å². The van der Waals surface area contributed by atoms with Crippen molar-refractivity contribution in [2.45, 2.75) is 51.4 Å². The number of nitrogens with zero attached hydrogens (tertiary/aromatic N) is 1. The smallest absolute Gasteiger partial charge is 0.233 e. The summed E-state index contributed by atoms with van der Waals surface area (Å²) >= 11 is 3.60. The Morgan fingerprint density at radius 1 is 1.29 bits per heavy atom. The SMILES string of the molecule is CC(=O)[C@@H]1C(=O)N(C(C)(C)C)C[C@H]1C(C)(C)Br. The van der Waals surface area contributed by atoms with Gasteiger partial charge in [0.25, 0.3) is 0 Å². The molecule has 0 saturated carbocycles. The average Bonchev–Trinajstić information content (AvgIpc) is 2.40. The third kappa shape index (κ3) is 2.90. The van der Waals surface area contributed by atoms with Gasteiger partial charge in [-0.2, -0.15) is 0 Å². The molecule has 4 heteroatoms. The number of carbonyl (C=O) groups is 2. The van der Waals surface area contributed by atoms with Gasteiger partial charge in [0.05, 0.1) is 0 Å². The molecule has 0 radical (unpaired) electrons. The van der Waals surface area contributed by atoms with E-state index in [1.807, 2.05) is 39.5 Å². The van der Waals surface area contributed by atoms with Crippen LogP contribution in [-0.2, 0) is 9.59 Å². The van der Waals surface area contributed by atoms with Crippen molar-refractivity contribution >= 4 is 27.6 Å². The molecule has 1 amide bonds. The van der Waals surface area contributed by atoms with E-state index < -0.39 is 5.92 Å². The van der Waals surface area contributed by atoms with Gasteiger partial charge in [-0.3, -0.25) is 9.59 Å². The summed E-state index contributed by atoms with van der Waals surface area (Å²) in [6.07, 6.45) is 0. The Morgan fingerprint density at radius 3 is 2.00 bits per heavy atom. The fraction of sp³-hybridized carbons (Fsp3) is 0.846. The number of hydrogen-bond donors (Lipinski definition) is 0. The average molecular weight is 304 g/mol. The molecule has 0 aromatic rings. The number of carbonyl (C=O) groups excluding carboxylic acids is 2. The Balaban J connectivity index is 3.11. The number of amides is 1. The van der Waals surface area contributed by atoms with Crippen LogP contribution < -0.4 is 0 Å². The predicted molar refractivity (Wildman–Crippen MR) is 72.1 cm³/mol. The maximum absolute atomic E-state index is 12.3. The number of Topliss-reactive ketones (excluding diaryl/α,β-unsaturated/α-hetero) is 1. The molecule has 3 nitrogen and oxygen atoms in total. The highest BCUT2D eigenvalue weighted by atomic mass is 79.9. The summed E-state index contributed by atoms with van der Waals surface area (Å²) < 4.78 is -0.209. The first-order chi connectivity index (χ1) is 7.46. The van der Waals surface area contributed by atoms with E-state index in [-0.39, 0.29) is 27.5 Å². The fourth-order valence-corrected chi connectivity index (χ4v) is 2.82. The first-order valence-electron chi connectivity index (χ1n) is 5.97. The third-order valence-electron chi connectivity index (χ3n) is 3.44. The molecule has 17 heavy (non-hydrogen) atoms. The molecule has 0 bridgehead atoms. The van der Waals surface area contributed by atoms with Gasteiger partial charge in [-0.05, 0) is 41.5 Å². The summed E-state index contributed by atoms with van der Waals surface area (Å²) in [5.41, 5.74) is -0.224. The summed E-state index contributed by atoms with van der Waals surface area (Å²) in [4.78, 5) is 25.9. The second-order valence-electron chi connectivity index (χ2n) is 6.38. The Hall–Kier alpha value is -0.380. The molecule has 0 aliphatic carbocycles. The van der Waals surface area contributed by atoms with Crippen LogP contribution in [0.1, 0.15) is 41.5 Å². The molecule has 0 aromatic heterocycles. The monoisotopic (exact) mass is 303 g/mol. The van der Waals surface area contributed by atoms with Crippen molar-refractivity contribution in [2.24, 2.45) is 11.8 Å². The molecule has 0 spiro atoms. The van der Waals surface area contributed by atoms with E-state index in [4.69, 9.17) is 0 Å². The summed E-state index contributed by atoms with van der Waals surface area (Å²) in [5, 5.41) is 0. The van der Waals surface area contributed by atoms with Gasteiger partial charge in [-0.15, -0.1) is 0 Å². The van der Waals surface area contributed by atoms with E-state index >= 15 is 0 Å². The maximum atomic E-state index is 12.3. The highest BCUT2D eigenvalue weighted by Gasteiger charge is 2.51. The topological polar surface area (TPSA) is 37.4 Å². The molecule has 1 rings (SSSR count). The van der Waals surface area contributed by atoms with Crippen LogP contribution in [0.15, 0.2) is 0 Å².